The molecular weight excluding hydrogens is 475 g/mol. The van der Waals surface area contributed by atoms with Gasteiger partial charge in [-0.25, -0.2) is 4.39 Å². The minimum Gasteiger partial charge on any atom is -0.363 e. The van der Waals surface area contributed by atoms with Crippen molar-refractivity contribution in [3.63, 3.8) is 0 Å². The van der Waals surface area contributed by atoms with Crippen molar-refractivity contribution in [3.8, 4) is 0 Å². The van der Waals surface area contributed by atoms with E-state index < -0.39 is 5.41 Å². The van der Waals surface area contributed by atoms with Crippen LogP contribution < -0.4 is 16.0 Å². The van der Waals surface area contributed by atoms with Crippen LogP contribution in [-0.2, 0) is 10.2 Å². The maximum absolute atomic E-state index is 14.0. The van der Waals surface area contributed by atoms with Gasteiger partial charge in [-0.2, -0.15) is 0 Å². The van der Waals surface area contributed by atoms with Gasteiger partial charge in [-0.1, -0.05) is 52.3 Å². The molecule has 0 aromatic heterocycles. The first-order valence-corrected chi connectivity index (χ1v) is 14.0. The number of anilines is 1. The molecule has 2 aliphatic rings. The predicted molar refractivity (Wildman–Crippen MR) is 159 cm³/mol. The molecule has 1 fully saturated rings. The van der Waals surface area contributed by atoms with Crippen LogP contribution in [0.3, 0.4) is 0 Å². The van der Waals surface area contributed by atoms with Gasteiger partial charge in [-0.05, 0) is 87.3 Å². The Hall–Kier alpha value is -2.99. The highest BCUT2D eigenvalue weighted by Gasteiger charge is 2.52. The Morgan fingerprint density at radius 1 is 1.21 bits per heavy atom. The number of benzene rings is 1. The van der Waals surface area contributed by atoms with Crippen molar-refractivity contribution in [2.24, 2.45) is 10.7 Å². The summed E-state index contributed by atoms with van der Waals surface area (Å²) < 4.78 is 13.3. The number of rotatable bonds is 12. The Kier molecular flexibility index (Phi) is 9.88. The molecule has 1 aliphatic carbocycles. The lowest BCUT2D eigenvalue weighted by Gasteiger charge is -2.40. The third-order valence-corrected chi connectivity index (χ3v) is 7.80. The van der Waals surface area contributed by atoms with Crippen molar-refractivity contribution in [3.05, 3.63) is 71.0 Å². The van der Waals surface area contributed by atoms with Crippen LogP contribution in [0.1, 0.15) is 97.6 Å². The summed E-state index contributed by atoms with van der Waals surface area (Å²) in [5.41, 5.74) is 12.1. The molecule has 3 rings (SSSR count). The van der Waals surface area contributed by atoms with Gasteiger partial charge in [-0.15, -0.1) is 0 Å². The molecule has 206 valence electrons. The standard InChI is InChI=1S/C32H45FN4O/c1-8-13-32(14-9-2)28-12-11-25(17-30(28)37(31(32)38)27-18-26(34)19-27)21(4)16-29(35-15-10-3)23(6)24(7)36-20-22(5)33/h11-12,15-17,20,26-27,36H,4,8-10,13-14,18-19,34H2,1-3,5-7H3/b22-20-,24-23+,29-16+,35-15?. The van der Waals surface area contributed by atoms with Gasteiger partial charge in [0.1, 0.15) is 5.83 Å². The molecule has 0 unspecified atom stereocenters. The first kappa shape index (κ1) is 29.6. The first-order chi connectivity index (χ1) is 18.1. The summed E-state index contributed by atoms with van der Waals surface area (Å²) in [6, 6.07) is 6.67. The smallest absolute Gasteiger partial charge is 0.237 e. The number of hydrogen-bond donors (Lipinski definition) is 2. The van der Waals surface area contributed by atoms with Gasteiger partial charge in [0.25, 0.3) is 0 Å². The van der Waals surface area contributed by atoms with Crippen molar-refractivity contribution in [2.45, 2.75) is 104 Å². The second kappa shape index (κ2) is 12.7. The number of amides is 1. The van der Waals surface area contributed by atoms with Crippen LogP contribution in [0.2, 0.25) is 0 Å². The second-order valence-electron chi connectivity index (χ2n) is 10.8. The van der Waals surface area contributed by atoms with E-state index in [1.54, 1.807) is 0 Å². The lowest BCUT2D eigenvalue weighted by Crippen LogP contribution is -2.54. The zero-order valence-electron chi connectivity index (χ0n) is 24.0. The minimum atomic E-state index is -0.463. The van der Waals surface area contributed by atoms with Crippen LogP contribution >= 0.6 is 0 Å². The normalized spacial score (nSPS) is 21.9. The lowest BCUT2D eigenvalue weighted by atomic mass is 9.74. The van der Waals surface area contributed by atoms with Crippen molar-refractivity contribution in [2.75, 3.05) is 4.90 Å². The Labute approximate surface area is 228 Å². The fourth-order valence-electron chi connectivity index (χ4n) is 5.64. The van der Waals surface area contributed by atoms with E-state index in [9.17, 15) is 9.18 Å². The Balaban J connectivity index is 2.06. The third kappa shape index (κ3) is 6.01. The van der Waals surface area contributed by atoms with Crippen LogP contribution in [0, 0.1) is 0 Å². The number of aliphatic imine (C=N–C) groups is 1. The van der Waals surface area contributed by atoms with E-state index in [1.165, 1.54) is 13.1 Å². The highest BCUT2D eigenvalue weighted by Crippen LogP contribution is 2.50. The monoisotopic (exact) mass is 520 g/mol. The summed E-state index contributed by atoms with van der Waals surface area (Å²) in [5.74, 6) is -0.0626. The SMILES string of the molecule is C=C(/C=C(N=CCC)\C(C)=C(/C)N/C=C(/C)F)c1ccc2c(c1)N(C1CC(N)C1)C(=O)C2(CCC)CCC. The molecule has 5 nitrogen and oxygen atoms in total. The Morgan fingerprint density at radius 3 is 2.42 bits per heavy atom. The van der Waals surface area contributed by atoms with Gasteiger partial charge in [0.05, 0.1) is 11.1 Å². The van der Waals surface area contributed by atoms with Gasteiger partial charge in [-0.3, -0.25) is 9.79 Å². The fourth-order valence-corrected chi connectivity index (χ4v) is 5.64. The summed E-state index contributed by atoms with van der Waals surface area (Å²) in [6.07, 6.45) is 11.2. The number of halogens is 1. The van der Waals surface area contributed by atoms with E-state index in [1.807, 2.05) is 38.0 Å². The van der Waals surface area contributed by atoms with E-state index >= 15 is 0 Å². The minimum absolute atomic E-state index is 0.154. The highest BCUT2D eigenvalue weighted by atomic mass is 19.1. The maximum atomic E-state index is 14.0. The summed E-state index contributed by atoms with van der Waals surface area (Å²) in [6.45, 7) is 16.0. The molecule has 0 saturated heterocycles. The van der Waals surface area contributed by atoms with Crippen LogP contribution in [0.5, 0.6) is 0 Å². The first-order valence-electron chi connectivity index (χ1n) is 14.0. The summed E-state index contributed by atoms with van der Waals surface area (Å²) >= 11 is 0. The number of fused-ring (bicyclic) bond motifs is 1. The van der Waals surface area contributed by atoms with Crippen LogP contribution in [0.25, 0.3) is 5.57 Å². The topological polar surface area (TPSA) is 70.7 Å². The molecule has 3 N–H and O–H groups in total. The molecule has 1 heterocycles. The zero-order valence-corrected chi connectivity index (χ0v) is 24.0. The molecule has 1 saturated carbocycles. The average molecular weight is 521 g/mol. The molecule has 1 amide bonds. The van der Waals surface area contributed by atoms with E-state index in [4.69, 9.17) is 5.73 Å². The number of hydrogen-bond acceptors (Lipinski definition) is 4. The molecule has 1 aromatic rings. The molecule has 1 aliphatic heterocycles. The largest absolute Gasteiger partial charge is 0.363 e. The van der Waals surface area contributed by atoms with E-state index in [2.05, 4.69) is 48.9 Å². The van der Waals surface area contributed by atoms with Crippen LogP contribution in [-0.4, -0.2) is 24.2 Å². The summed E-state index contributed by atoms with van der Waals surface area (Å²) in [5, 5.41) is 3.00. The quantitative estimate of drug-likeness (QED) is 0.222. The molecule has 0 atom stereocenters. The van der Waals surface area contributed by atoms with Gasteiger partial charge >= 0.3 is 0 Å². The van der Waals surface area contributed by atoms with E-state index in [-0.39, 0.29) is 23.8 Å². The van der Waals surface area contributed by atoms with Crippen molar-refractivity contribution < 1.29 is 9.18 Å². The number of nitrogens with two attached hydrogens (primary N) is 1. The van der Waals surface area contributed by atoms with Gasteiger partial charge in [0, 0.05) is 35.9 Å². The van der Waals surface area contributed by atoms with Crippen molar-refractivity contribution in [1.29, 1.82) is 0 Å². The van der Waals surface area contributed by atoms with Gasteiger partial charge < -0.3 is 16.0 Å². The molecule has 0 spiro atoms. The predicted octanol–water partition coefficient (Wildman–Crippen LogP) is 7.45. The number of nitrogens with one attached hydrogen (secondary N) is 1. The highest BCUT2D eigenvalue weighted by molar-refractivity contribution is 6.09. The molecule has 1 aromatic carbocycles. The second-order valence-corrected chi connectivity index (χ2v) is 10.8. The van der Waals surface area contributed by atoms with Gasteiger partial charge in [0.15, 0.2) is 0 Å². The fraction of sp³-hybridized carbons (Fsp3) is 0.500. The molecular formula is C32H45FN4O. The molecule has 0 radical (unpaired) electrons. The molecule has 38 heavy (non-hydrogen) atoms. The maximum Gasteiger partial charge on any atom is 0.237 e. The Bertz CT molecular complexity index is 1160. The number of carbonyl (C=O) groups excluding carboxylic acids is 1. The summed E-state index contributed by atoms with van der Waals surface area (Å²) in [7, 11) is 0. The van der Waals surface area contributed by atoms with Gasteiger partial charge in [0.2, 0.25) is 5.91 Å². The van der Waals surface area contributed by atoms with Crippen LogP contribution in [0.4, 0.5) is 10.1 Å². The number of nitrogens with zero attached hydrogens (tertiary/aromatic N) is 2. The van der Waals surface area contributed by atoms with Crippen molar-refractivity contribution in [1.82, 2.24) is 5.32 Å². The van der Waals surface area contributed by atoms with E-state index in [0.29, 0.717) is 0 Å². The number of carbonyl (C=O) groups is 1. The summed E-state index contributed by atoms with van der Waals surface area (Å²) in [4.78, 5) is 20.8. The van der Waals surface area contributed by atoms with Crippen LogP contribution in [0.15, 0.2) is 64.8 Å². The average Bonchev–Trinajstić information content (AvgIpc) is 3.09. The Morgan fingerprint density at radius 2 is 1.87 bits per heavy atom. The zero-order chi connectivity index (χ0) is 28.0. The molecule has 6 heteroatoms. The third-order valence-electron chi connectivity index (χ3n) is 7.80. The molecule has 0 bridgehead atoms. The lowest BCUT2D eigenvalue weighted by molar-refractivity contribution is -0.124. The number of allylic oxidation sites excluding steroid dienone is 5. The van der Waals surface area contributed by atoms with E-state index in [0.717, 1.165) is 84.3 Å². The van der Waals surface area contributed by atoms with Crippen molar-refractivity contribution >= 4 is 23.4 Å².